The summed E-state index contributed by atoms with van der Waals surface area (Å²) in [7, 11) is 0. The van der Waals surface area contributed by atoms with Crippen LogP contribution in [0.1, 0.15) is 37.0 Å². The lowest BCUT2D eigenvalue weighted by Gasteiger charge is -2.13. The molecule has 1 atom stereocenters. The molecule has 78 valence electrons. The van der Waals surface area contributed by atoms with E-state index in [1.807, 2.05) is 0 Å². The van der Waals surface area contributed by atoms with E-state index < -0.39 is 0 Å². The van der Waals surface area contributed by atoms with Crippen molar-refractivity contribution in [2.45, 2.75) is 46.7 Å². The van der Waals surface area contributed by atoms with Crippen LogP contribution in [0.3, 0.4) is 0 Å². The Balaban J connectivity index is 2.63. The number of hydrogen-bond donors (Lipinski definition) is 1. The van der Waals surface area contributed by atoms with Gasteiger partial charge in [0.05, 0.1) is 0 Å². The second-order valence-corrected chi connectivity index (χ2v) is 4.05. The van der Waals surface area contributed by atoms with E-state index in [1.54, 1.807) is 0 Å². The number of aryl methyl sites for hydroxylation is 1. The van der Waals surface area contributed by atoms with Crippen LogP contribution in [0.15, 0.2) is 18.2 Å². The van der Waals surface area contributed by atoms with Crippen molar-refractivity contribution in [1.82, 2.24) is 5.32 Å². The molecule has 0 aliphatic carbocycles. The minimum Gasteiger partial charge on any atom is -0.310 e. The van der Waals surface area contributed by atoms with Crippen molar-refractivity contribution in [3.63, 3.8) is 0 Å². The molecule has 0 amide bonds. The summed E-state index contributed by atoms with van der Waals surface area (Å²) in [5.41, 5.74) is 4.22. The Morgan fingerprint density at radius 3 is 2.64 bits per heavy atom. The first-order valence-corrected chi connectivity index (χ1v) is 5.43. The van der Waals surface area contributed by atoms with Crippen LogP contribution in [0.4, 0.5) is 0 Å². The lowest BCUT2D eigenvalue weighted by molar-refractivity contribution is 0.533. The van der Waals surface area contributed by atoms with Gasteiger partial charge < -0.3 is 5.32 Å². The Labute approximate surface area is 87.5 Å². The molecule has 0 aliphatic heterocycles. The van der Waals surface area contributed by atoms with Gasteiger partial charge in [-0.1, -0.05) is 25.1 Å². The normalized spacial score (nSPS) is 12.9. The Morgan fingerprint density at radius 2 is 2.00 bits per heavy atom. The summed E-state index contributed by atoms with van der Waals surface area (Å²) in [5.74, 6) is 0. The average molecular weight is 191 g/mol. The standard InChI is InChI=1S/C13H21N/c1-5-11(3)14-9-13-8-6-7-10(2)12(13)4/h6-8,11,14H,5,9H2,1-4H3/t11-/m0/s1. The molecule has 1 rings (SSSR count). The highest BCUT2D eigenvalue weighted by Crippen LogP contribution is 2.12. The fourth-order valence-electron chi connectivity index (χ4n) is 1.43. The molecule has 0 aliphatic rings. The van der Waals surface area contributed by atoms with Crippen molar-refractivity contribution in [3.8, 4) is 0 Å². The van der Waals surface area contributed by atoms with Crippen LogP contribution >= 0.6 is 0 Å². The van der Waals surface area contributed by atoms with Crippen LogP contribution in [0.5, 0.6) is 0 Å². The van der Waals surface area contributed by atoms with E-state index in [-0.39, 0.29) is 0 Å². The molecular weight excluding hydrogens is 170 g/mol. The average Bonchev–Trinajstić information content (AvgIpc) is 2.20. The van der Waals surface area contributed by atoms with Crippen LogP contribution in [0.2, 0.25) is 0 Å². The SMILES string of the molecule is CC[C@H](C)NCc1cccc(C)c1C. The van der Waals surface area contributed by atoms with Gasteiger partial charge in [0.25, 0.3) is 0 Å². The van der Waals surface area contributed by atoms with Crippen LogP contribution in [0, 0.1) is 13.8 Å². The second-order valence-electron chi connectivity index (χ2n) is 4.05. The first-order chi connectivity index (χ1) is 6.65. The third kappa shape index (κ3) is 2.85. The summed E-state index contributed by atoms with van der Waals surface area (Å²) in [5, 5.41) is 3.52. The zero-order chi connectivity index (χ0) is 10.6. The van der Waals surface area contributed by atoms with Gasteiger partial charge in [0.2, 0.25) is 0 Å². The van der Waals surface area contributed by atoms with E-state index in [0.717, 1.165) is 6.54 Å². The van der Waals surface area contributed by atoms with E-state index in [2.05, 4.69) is 51.2 Å². The molecule has 0 bridgehead atoms. The fourth-order valence-corrected chi connectivity index (χ4v) is 1.43. The molecular formula is C13H21N. The predicted octanol–water partition coefficient (Wildman–Crippen LogP) is 3.19. The molecule has 0 saturated carbocycles. The first-order valence-electron chi connectivity index (χ1n) is 5.43. The van der Waals surface area contributed by atoms with Crippen LogP contribution in [-0.2, 0) is 6.54 Å². The van der Waals surface area contributed by atoms with Crippen molar-refractivity contribution >= 4 is 0 Å². The molecule has 0 saturated heterocycles. The number of benzene rings is 1. The monoisotopic (exact) mass is 191 g/mol. The molecule has 1 nitrogen and oxygen atoms in total. The van der Waals surface area contributed by atoms with Crippen LogP contribution < -0.4 is 5.32 Å². The molecule has 0 radical (unpaired) electrons. The molecule has 0 spiro atoms. The Kier molecular flexibility index (Phi) is 4.15. The largest absolute Gasteiger partial charge is 0.310 e. The number of hydrogen-bond acceptors (Lipinski definition) is 1. The molecule has 1 aromatic rings. The molecule has 0 heterocycles. The van der Waals surface area contributed by atoms with Gasteiger partial charge in [-0.05, 0) is 43.9 Å². The Morgan fingerprint density at radius 1 is 1.29 bits per heavy atom. The molecule has 14 heavy (non-hydrogen) atoms. The first kappa shape index (κ1) is 11.3. The fraction of sp³-hybridized carbons (Fsp3) is 0.538. The lowest BCUT2D eigenvalue weighted by atomic mass is 10.0. The van der Waals surface area contributed by atoms with E-state index in [9.17, 15) is 0 Å². The van der Waals surface area contributed by atoms with Crippen molar-refractivity contribution < 1.29 is 0 Å². The van der Waals surface area contributed by atoms with E-state index in [0.29, 0.717) is 6.04 Å². The number of rotatable bonds is 4. The summed E-state index contributed by atoms with van der Waals surface area (Å²) in [6, 6.07) is 7.12. The van der Waals surface area contributed by atoms with Crippen molar-refractivity contribution in [2.24, 2.45) is 0 Å². The van der Waals surface area contributed by atoms with Crippen LogP contribution in [0.25, 0.3) is 0 Å². The minimum atomic E-state index is 0.606. The zero-order valence-corrected chi connectivity index (χ0v) is 9.72. The maximum absolute atomic E-state index is 3.52. The summed E-state index contributed by atoms with van der Waals surface area (Å²) in [6.07, 6.45) is 1.19. The maximum Gasteiger partial charge on any atom is 0.0210 e. The van der Waals surface area contributed by atoms with Gasteiger partial charge in [0.1, 0.15) is 0 Å². The molecule has 1 heteroatoms. The highest BCUT2D eigenvalue weighted by atomic mass is 14.9. The summed E-state index contributed by atoms with van der Waals surface area (Å²) >= 11 is 0. The maximum atomic E-state index is 3.52. The van der Waals surface area contributed by atoms with E-state index >= 15 is 0 Å². The summed E-state index contributed by atoms with van der Waals surface area (Å²) < 4.78 is 0. The molecule has 0 aromatic heterocycles. The van der Waals surface area contributed by atoms with Crippen molar-refractivity contribution in [3.05, 3.63) is 34.9 Å². The quantitative estimate of drug-likeness (QED) is 0.770. The van der Waals surface area contributed by atoms with Gasteiger partial charge in [0, 0.05) is 12.6 Å². The molecule has 0 unspecified atom stereocenters. The van der Waals surface area contributed by atoms with Gasteiger partial charge in [-0.2, -0.15) is 0 Å². The molecule has 0 fully saturated rings. The topological polar surface area (TPSA) is 12.0 Å². The van der Waals surface area contributed by atoms with Crippen molar-refractivity contribution in [1.29, 1.82) is 0 Å². The van der Waals surface area contributed by atoms with Crippen LogP contribution in [-0.4, -0.2) is 6.04 Å². The van der Waals surface area contributed by atoms with Gasteiger partial charge >= 0.3 is 0 Å². The minimum absolute atomic E-state index is 0.606. The highest BCUT2D eigenvalue weighted by Gasteiger charge is 2.02. The predicted molar refractivity (Wildman–Crippen MR) is 62.5 cm³/mol. The molecule has 1 aromatic carbocycles. The van der Waals surface area contributed by atoms with E-state index in [1.165, 1.54) is 23.1 Å². The van der Waals surface area contributed by atoms with Gasteiger partial charge in [0.15, 0.2) is 0 Å². The lowest BCUT2D eigenvalue weighted by Crippen LogP contribution is -2.24. The smallest absolute Gasteiger partial charge is 0.0210 e. The Bertz CT molecular complexity index is 291. The molecule has 1 N–H and O–H groups in total. The van der Waals surface area contributed by atoms with Crippen molar-refractivity contribution in [2.75, 3.05) is 0 Å². The van der Waals surface area contributed by atoms with Gasteiger partial charge in [-0.25, -0.2) is 0 Å². The highest BCUT2D eigenvalue weighted by molar-refractivity contribution is 5.32. The number of nitrogens with one attached hydrogen (secondary N) is 1. The third-order valence-corrected chi connectivity index (χ3v) is 2.97. The second kappa shape index (κ2) is 5.16. The third-order valence-electron chi connectivity index (χ3n) is 2.97. The van der Waals surface area contributed by atoms with E-state index in [4.69, 9.17) is 0 Å². The van der Waals surface area contributed by atoms with Gasteiger partial charge in [-0.15, -0.1) is 0 Å². The summed E-state index contributed by atoms with van der Waals surface area (Å²) in [4.78, 5) is 0. The Hall–Kier alpha value is -0.820. The zero-order valence-electron chi connectivity index (χ0n) is 9.72. The summed E-state index contributed by atoms with van der Waals surface area (Å²) in [6.45, 7) is 9.79. The van der Waals surface area contributed by atoms with Gasteiger partial charge in [-0.3, -0.25) is 0 Å².